The minimum absolute atomic E-state index is 0. The van der Waals surface area contributed by atoms with Crippen LogP contribution in [0.25, 0.3) is 5.69 Å². The number of aromatic nitrogens is 2. The highest BCUT2D eigenvalue weighted by Gasteiger charge is 2.34. The molecule has 1 fully saturated rings. The van der Waals surface area contributed by atoms with Crippen LogP contribution in [-0.2, 0) is 12.8 Å². The van der Waals surface area contributed by atoms with E-state index in [-0.39, 0.29) is 24.4 Å². The predicted molar refractivity (Wildman–Crippen MR) is 105 cm³/mol. The average molecular weight is 375 g/mol. The van der Waals surface area contributed by atoms with Crippen molar-refractivity contribution in [2.45, 2.75) is 45.1 Å². The van der Waals surface area contributed by atoms with E-state index < -0.39 is 0 Å². The molecular weight excluding hydrogens is 348 g/mol. The van der Waals surface area contributed by atoms with Gasteiger partial charge in [-0.3, -0.25) is 4.79 Å². The van der Waals surface area contributed by atoms with Crippen LogP contribution in [0.4, 0.5) is 0 Å². The largest absolute Gasteiger partial charge is 0.333 e. The number of nitrogens with zero attached hydrogens (tertiary/aromatic N) is 3. The Morgan fingerprint density at radius 3 is 2.77 bits per heavy atom. The summed E-state index contributed by atoms with van der Waals surface area (Å²) < 4.78 is 1.97. The van der Waals surface area contributed by atoms with E-state index in [1.165, 1.54) is 5.69 Å². The van der Waals surface area contributed by atoms with Crippen molar-refractivity contribution in [3.8, 4) is 5.69 Å². The lowest BCUT2D eigenvalue weighted by Crippen LogP contribution is -2.49. The molecule has 2 heterocycles. The first-order valence-corrected chi connectivity index (χ1v) is 9.36. The van der Waals surface area contributed by atoms with Crippen molar-refractivity contribution in [1.82, 2.24) is 14.7 Å². The number of piperidine rings is 1. The van der Waals surface area contributed by atoms with Gasteiger partial charge in [-0.2, -0.15) is 5.10 Å². The van der Waals surface area contributed by atoms with Crippen molar-refractivity contribution in [3.63, 3.8) is 0 Å². The molecule has 1 aromatic carbocycles. The van der Waals surface area contributed by atoms with Gasteiger partial charge >= 0.3 is 0 Å². The minimum Gasteiger partial charge on any atom is -0.333 e. The van der Waals surface area contributed by atoms with Gasteiger partial charge in [-0.1, -0.05) is 25.1 Å². The Kier molecular flexibility index (Phi) is 5.68. The van der Waals surface area contributed by atoms with Crippen LogP contribution in [0.2, 0.25) is 0 Å². The molecule has 0 saturated carbocycles. The molecule has 0 spiro atoms. The van der Waals surface area contributed by atoms with Gasteiger partial charge in [-0.05, 0) is 50.2 Å². The van der Waals surface area contributed by atoms with Crippen molar-refractivity contribution in [2.75, 3.05) is 13.1 Å². The van der Waals surface area contributed by atoms with Crippen LogP contribution in [0.1, 0.15) is 47.9 Å². The third kappa shape index (κ3) is 3.26. The second-order valence-corrected chi connectivity index (χ2v) is 7.39. The maximum Gasteiger partial charge on any atom is 0.274 e. The SMILES string of the molecule is CC1CCN(C(=O)c2nn(-c3ccccc3)c3c2CCC3)C(CN)C1.Cl. The highest BCUT2D eigenvalue weighted by molar-refractivity contribution is 5.94. The Morgan fingerprint density at radius 1 is 1.27 bits per heavy atom. The summed E-state index contributed by atoms with van der Waals surface area (Å²) in [4.78, 5) is 15.2. The summed E-state index contributed by atoms with van der Waals surface area (Å²) in [5, 5.41) is 4.75. The third-order valence-electron chi connectivity index (χ3n) is 5.64. The van der Waals surface area contributed by atoms with E-state index in [0.717, 1.165) is 49.9 Å². The number of rotatable bonds is 3. The van der Waals surface area contributed by atoms with Gasteiger partial charge in [0.2, 0.25) is 0 Å². The first kappa shape index (κ1) is 18.9. The van der Waals surface area contributed by atoms with Crippen LogP contribution < -0.4 is 5.73 Å². The number of benzene rings is 1. The maximum absolute atomic E-state index is 13.3. The van der Waals surface area contributed by atoms with E-state index in [9.17, 15) is 4.79 Å². The molecule has 140 valence electrons. The van der Waals surface area contributed by atoms with Gasteiger partial charge in [0.25, 0.3) is 5.91 Å². The average Bonchev–Trinajstić information content (AvgIpc) is 3.24. The van der Waals surface area contributed by atoms with Gasteiger partial charge in [0.1, 0.15) is 0 Å². The van der Waals surface area contributed by atoms with E-state index >= 15 is 0 Å². The molecule has 2 atom stereocenters. The number of carbonyl (C=O) groups excluding carboxylic acids is 1. The Balaban J connectivity index is 0.00000196. The molecule has 2 aromatic rings. The number of amides is 1. The zero-order chi connectivity index (χ0) is 17.4. The number of likely N-dealkylation sites (tertiary alicyclic amines) is 1. The molecule has 1 aliphatic heterocycles. The molecule has 2 N–H and O–H groups in total. The normalized spacial score (nSPS) is 22.0. The monoisotopic (exact) mass is 374 g/mol. The molecule has 1 aromatic heterocycles. The van der Waals surface area contributed by atoms with Crippen molar-refractivity contribution in [2.24, 2.45) is 11.7 Å². The lowest BCUT2D eigenvalue weighted by atomic mass is 9.92. The summed E-state index contributed by atoms with van der Waals surface area (Å²) in [6, 6.07) is 10.2. The molecule has 1 saturated heterocycles. The number of para-hydroxylation sites is 1. The summed E-state index contributed by atoms with van der Waals surface area (Å²) in [5.74, 6) is 0.695. The molecule has 1 amide bonds. The molecular formula is C20H27ClN4O. The van der Waals surface area contributed by atoms with E-state index in [4.69, 9.17) is 10.8 Å². The van der Waals surface area contributed by atoms with E-state index in [0.29, 0.717) is 18.2 Å². The number of hydrogen-bond acceptors (Lipinski definition) is 3. The van der Waals surface area contributed by atoms with E-state index in [1.54, 1.807) is 0 Å². The minimum atomic E-state index is 0. The highest BCUT2D eigenvalue weighted by atomic mass is 35.5. The summed E-state index contributed by atoms with van der Waals surface area (Å²) in [7, 11) is 0. The van der Waals surface area contributed by atoms with Crippen molar-refractivity contribution in [3.05, 3.63) is 47.3 Å². The standard InChI is InChI=1S/C20H26N4O.ClH/c1-14-10-11-23(16(12-14)13-21)20(25)19-17-8-5-9-18(17)24(22-19)15-6-3-2-4-7-15;/h2-4,6-7,14,16H,5,8-13,21H2,1H3;1H. The Hall–Kier alpha value is -1.85. The second kappa shape index (κ2) is 7.80. The molecule has 4 rings (SSSR count). The topological polar surface area (TPSA) is 64.2 Å². The van der Waals surface area contributed by atoms with Crippen LogP contribution in [0.15, 0.2) is 30.3 Å². The first-order chi connectivity index (χ1) is 12.2. The second-order valence-electron chi connectivity index (χ2n) is 7.39. The fourth-order valence-electron chi connectivity index (χ4n) is 4.27. The fraction of sp³-hybridized carbons (Fsp3) is 0.500. The first-order valence-electron chi connectivity index (χ1n) is 9.36. The maximum atomic E-state index is 13.3. The lowest BCUT2D eigenvalue weighted by molar-refractivity contribution is 0.0566. The number of halogens is 1. The zero-order valence-corrected chi connectivity index (χ0v) is 16.0. The zero-order valence-electron chi connectivity index (χ0n) is 15.2. The van der Waals surface area contributed by atoms with Crippen LogP contribution >= 0.6 is 12.4 Å². The van der Waals surface area contributed by atoms with Crippen molar-refractivity contribution in [1.29, 1.82) is 0 Å². The molecule has 1 aliphatic carbocycles. The number of carbonyl (C=O) groups is 1. The van der Waals surface area contributed by atoms with Crippen molar-refractivity contribution >= 4 is 18.3 Å². The molecule has 0 bridgehead atoms. The van der Waals surface area contributed by atoms with Gasteiger partial charge in [-0.25, -0.2) is 4.68 Å². The van der Waals surface area contributed by atoms with E-state index in [1.807, 2.05) is 39.9 Å². The molecule has 2 unspecified atom stereocenters. The molecule has 5 nitrogen and oxygen atoms in total. The number of hydrogen-bond donors (Lipinski definition) is 1. The fourth-order valence-corrected chi connectivity index (χ4v) is 4.27. The van der Waals surface area contributed by atoms with Crippen LogP contribution in [0, 0.1) is 5.92 Å². The Morgan fingerprint density at radius 2 is 2.04 bits per heavy atom. The number of nitrogens with two attached hydrogens (primary N) is 1. The van der Waals surface area contributed by atoms with E-state index in [2.05, 4.69) is 6.92 Å². The summed E-state index contributed by atoms with van der Waals surface area (Å²) in [6.45, 7) is 3.55. The smallest absolute Gasteiger partial charge is 0.274 e. The van der Waals surface area contributed by atoms with Gasteiger partial charge in [0.15, 0.2) is 5.69 Å². The summed E-state index contributed by atoms with van der Waals surface area (Å²) >= 11 is 0. The predicted octanol–water partition coefficient (Wildman–Crippen LogP) is 2.98. The lowest BCUT2D eigenvalue weighted by Gasteiger charge is -2.37. The van der Waals surface area contributed by atoms with Gasteiger partial charge in [0.05, 0.1) is 5.69 Å². The van der Waals surface area contributed by atoms with Gasteiger partial charge < -0.3 is 10.6 Å². The Bertz CT molecular complexity index is 774. The van der Waals surface area contributed by atoms with Crippen LogP contribution in [0.5, 0.6) is 0 Å². The molecule has 0 radical (unpaired) electrons. The van der Waals surface area contributed by atoms with Gasteiger partial charge in [-0.15, -0.1) is 12.4 Å². The highest BCUT2D eigenvalue weighted by Crippen LogP contribution is 2.30. The number of fused-ring (bicyclic) bond motifs is 1. The quantitative estimate of drug-likeness (QED) is 0.898. The van der Waals surface area contributed by atoms with Crippen LogP contribution in [-0.4, -0.2) is 39.7 Å². The van der Waals surface area contributed by atoms with Crippen molar-refractivity contribution < 1.29 is 4.79 Å². The Labute approximate surface area is 161 Å². The summed E-state index contributed by atoms with van der Waals surface area (Å²) in [5.41, 5.74) is 9.97. The van der Waals surface area contributed by atoms with Gasteiger partial charge in [0, 0.05) is 30.4 Å². The third-order valence-corrected chi connectivity index (χ3v) is 5.64. The summed E-state index contributed by atoms with van der Waals surface area (Å²) in [6.07, 6.45) is 5.06. The van der Waals surface area contributed by atoms with Crippen LogP contribution in [0.3, 0.4) is 0 Å². The molecule has 2 aliphatic rings. The molecule has 26 heavy (non-hydrogen) atoms. The molecule has 6 heteroatoms.